The van der Waals surface area contributed by atoms with Crippen LogP contribution in [0.1, 0.15) is 18.7 Å². The van der Waals surface area contributed by atoms with Crippen molar-refractivity contribution in [2.75, 3.05) is 37.9 Å². The molecule has 36 heavy (non-hydrogen) atoms. The van der Waals surface area contributed by atoms with Crippen molar-refractivity contribution in [2.45, 2.75) is 25.6 Å². The van der Waals surface area contributed by atoms with E-state index in [9.17, 15) is 12.8 Å². The highest BCUT2D eigenvalue weighted by atomic mass is 32.2. The highest BCUT2D eigenvalue weighted by Crippen LogP contribution is 2.31. The third-order valence-electron chi connectivity index (χ3n) is 6.06. The van der Waals surface area contributed by atoms with E-state index in [1.54, 1.807) is 24.4 Å². The third-order valence-corrected chi connectivity index (χ3v) is 6.75. The van der Waals surface area contributed by atoms with Crippen LogP contribution in [0.4, 0.5) is 10.3 Å². The van der Waals surface area contributed by atoms with E-state index in [2.05, 4.69) is 25.0 Å². The van der Waals surface area contributed by atoms with Gasteiger partial charge in [-0.15, -0.1) is 0 Å². The molecular weight excluding hydrogens is 487 g/mol. The molecule has 0 atom stereocenters. The number of ether oxygens (including phenoxy) is 2. The van der Waals surface area contributed by atoms with Crippen LogP contribution in [-0.4, -0.2) is 67.2 Å². The van der Waals surface area contributed by atoms with Crippen LogP contribution in [0.2, 0.25) is 0 Å². The number of benzene rings is 1. The van der Waals surface area contributed by atoms with Gasteiger partial charge in [0.25, 0.3) is 0 Å². The Bertz CT molecular complexity index is 1290. The van der Waals surface area contributed by atoms with Crippen LogP contribution in [0.5, 0.6) is 0 Å². The maximum absolute atomic E-state index is 13.6. The van der Waals surface area contributed by atoms with E-state index in [0.29, 0.717) is 54.4 Å². The van der Waals surface area contributed by atoms with Crippen molar-refractivity contribution in [3.8, 4) is 22.6 Å². The zero-order valence-corrected chi connectivity index (χ0v) is 20.7. The number of nitrogens with one attached hydrogen (secondary N) is 3. The van der Waals surface area contributed by atoms with Crippen LogP contribution in [0.25, 0.3) is 22.6 Å². The van der Waals surface area contributed by atoms with E-state index < -0.39 is 16.3 Å². The van der Waals surface area contributed by atoms with Crippen molar-refractivity contribution in [3.63, 3.8) is 0 Å². The molecule has 3 heterocycles. The van der Waals surface area contributed by atoms with E-state index in [-0.39, 0.29) is 18.3 Å². The Balaban J connectivity index is 1.33. The molecule has 1 saturated heterocycles. The van der Waals surface area contributed by atoms with Crippen LogP contribution < -0.4 is 10.0 Å². The maximum atomic E-state index is 13.6. The topological polar surface area (TPSA) is 131 Å². The average molecular weight is 517 g/mol. The second-order valence-electron chi connectivity index (χ2n) is 9.29. The number of nitrogens with zero attached hydrogens (tertiary/aromatic N) is 3. The lowest BCUT2D eigenvalue weighted by molar-refractivity contribution is -0.198. The smallest absolute Gasteiger partial charge is 0.223 e. The number of imidazole rings is 1. The first-order valence-electron chi connectivity index (χ1n) is 11.9. The van der Waals surface area contributed by atoms with Gasteiger partial charge in [-0.05, 0) is 49.1 Å². The van der Waals surface area contributed by atoms with Gasteiger partial charge < -0.3 is 19.8 Å². The summed E-state index contributed by atoms with van der Waals surface area (Å²) in [5.74, 6) is 1.47. The number of H-pyrrole nitrogens is 1. The highest BCUT2D eigenvalue weighted by molar-refractivity contribution is 7.88. The molecule has 0 unspecified atom stereocenters. The number of rotatable bonds is 10. The fourth-order valence-electron chi connectivity index (χ4n) is 3.91. The summed E-state index contributed by atoms with van der Waals surface area (Å²) in [4.78, 5) is 17.1. The summed E-state index contributed by atoms with van der Waals surface area (Å²) in [6.45, 7) is 1.84. The largest absolute Gasteiger partial charge is 0.354 e. The van der Waals surface area contributed by atoms with Gasteiger partial charge in [0.2, 0.25) is 16.0 Å². The number of sulfonamides is 1. The van der Waals surface area contributed by atoms with Crippen LogP contribution in [-0.2, 0) is 25.9 Å². The van der Waals surface area contributed by atoms with Crippen molar-refractivity contribution < 1.29 is 22.3 Å². The summed E-state index contributed by atoms with van der Waals surface area (Å²) in [5.41, 5.74) is 2.75. The molecule has 1 aromatic carbocycles. The second kappa shape index (κ2) is 10.6. The average Bonchev–Trinajstić information content (AvgIpc) is 3.60. The summed E-state index contributed by atoms with van der Waals surface area (Å²) in [7, 11) is -3.27. The summed E-state index contributed by atoms with van der Waals surface area (Å²) >= 11 is 0. The van der Waals surface area contributed by atoms with Crippen LogP contribution in [0.3, 0.4) is 0 Å². The Morgan fingerprint density at radius 3 is 2.50 bits per heavy atom. The molecule has 10 nitrogen and oxygen atoms in total. The number of anilines is 1. The maximum Gasteiger partial charge on any atom is 0.223 e. The Hall–Kier alpha value is -2.93. The minimum absolute atomic E-state index is 0.0690. The predicted octanol–water partition coefficient (Wildman–Crippen LogP) is 2.58. The molecular formula is C24H29FN6O4S. The zero-order valence-electron chi connectivity index (χ0n) is 19.9. The molecule has 2 aliphatic rings. The minimum atomic E-state index is -3.27. The van der Waals surface area contributed by atoms with E-state index in [1.165, 1.54) is 25.0 Å². The standard InChI is InChI=1S/C24H29FN6O4S/c1-36(32,33)28-12-16-13-34-21(35-14-16)10-20-30-22(17-4-6-18(25)7-5-17)23(31-20)19-8-9-26-24(29-19)27-11-15-2-3-15/h4-9,15-16,21,28H,2-3,10-14H2,1H3,(H,30,31)(H,26,27,29). The number of aromatic nitrogens is 4. The SMILES string of the molecule is CS(=O)(=O)NCC1COC(Cc2nc(-c3ccc(F)cc3)c(-c3ccnc(NCC4CC4)n3)[nH]2)OC1. The molecule has 3 N–H and O–H groups in total. The number of hydrogen-bond acceptors (Lipinski definition) is 8. The molecule has 0 radical (unpaired) electrons. The summed E-state index contributed by atoms with van der Waals surface area (Å²) < 4.78 is 50.3. The van der Waals surface area contributed by atoms with Crippen molar-refractivity contribution >= 4 is 16.0 Å². The van der Waals surface area contributed by atoms with E-state index in [0.717, 1.165) is 18.4 Å². The van der Waals surface area contributed by atoms with Gasteiger partial charge in [-0.1, -0.05) is 0 Å². The van der Waals surface area contributed by atoms with Gasteiger partial charge in [-0.2, -0.15) is 0 Å². The van der Waals surface area contributed by atoms with Gasteiger partial charge in [0.15, 0.2) is 6.29 Å². The van der Waals surface area contributed by atoms with E-state index in [4.69, 9.17) is 14.5 Å². The predicted molar refractivity (Wildman–Crippen MR) is 132 cm³/mol. The lowest BCUT2D eigenvalue weighted by Crippen LogP contribution is -2.39. The lowest BCUT2D eigenvalue weighted by atomic mass is 10.1. The molecule has 2 aromatic heterocycles. The van der Waals surface area contributed by atoms with Crippen molar-refractivity contribution in [1.82, 2.24) is 24.7 Å². The quantitative estimate of drug-likeness (QED) is 0.375. The fraction of sp³-hybridized carbons (Fsp3) is 0.458. The first-order valence-corrected chi connectivity index (χ1v) is 13.8. The summed E-state index contributed by atoms with van der Waals surface area (Å²) in [6.07, 6.45) is 5.11. The molecule has 3 aromatic rings. The van der Waals surface area contributed by atoms with Gasteiger partial charge in [0.1, 0.15) is 11.6 Å². The Morgan fingerprint density at radius 1 is 1.06 bits per heavy atom. The molecule has 192 valence electrons. The van der Waals surface area contributed by atoms with E-state index >= 15 is 0 Å². The Kier molecular flexibility index (Phi) is 7.28. The summed E-state index contributed by atoms with van der Waals surface area (Å²) in [6, 6.07) is 7.96. The lowest BCUT2D eigenvalue weighted by Gasteiger charge is -2.28. The molecule has 0 bridgehead atoms. The second-order valence-corrected chi connectivity index (χ2v) is 11.1. The zero-order chi connectivity index (χ0) is 25.1. The molecule has 2 fully saturated rings. The van der Waals surface area contributed by atoms with Gasteiger partial charge in [0.05, 0.1) is 43.0 Å². The molecule has 12 heteroatoms. The number of halogens is 1. The van der Waals surface area contributed by atoms with Gasteiger partial charge in [-0.25, -0.2) is 32.5 Å². The first-order chi connectivity index (χ1) is 17.3. The minimum Gasteiger partial charge on any atom is -0.354 e. The van der Waals surface area contributed by atoms with Crippen molar-refractivity contribution in [1.29, 1.82) is 0 Å². The molecule has 1 aliphatic carbocycles. The molecule has 5 rings (SSSR count). The van der Waals surface area contributed by atoms with Crippen LogP contribution >= 0.6 is 0 Å². The van der Waals surface area contributed by atoms with Crippen molar-refractivity contribution in [3.05, 3.63) is 48.2 Å². The first kappa shape index (κ1) is 24.8. The van der Waals surface area contributed by atoms with Gasteiger partial charge in [0, 0.05) is 30.8 Å². The van der Waals surface area contributed by atoms with Gasteiger partial charge >= 0.3 is 0 Å². The monoisotopic (exact) mass is 516 g/mol. The molecule has 1 aliphatic heterocycles. The van der Waals surface area contributed by atoms with Crippen LogP contribution in [0, 0.1) is 17.7 Å². The molecule has 0 spiro atoms. The van der Waals surface area contributed by atoms with Gasteiger partial charge in [-0.3, -0.25) is 0 Å². The highest BCUT2D eigenvalue weighted by Gasteiger charge is 2.26. The van der Waals surface area contributed by atoms with E-state index in [1.807, 2.05) is 0 Å². The summed E-state index contributed by atoms with van der Waals surface area (Å²) in [5, 5.41) is 3.29. The van der Waals surface area contributed by atoms with Crippen LogP contribution in [0.15, 0.2) is 36.5 Å². The Morgan fingerprint density at radius 2 is 1.81 bits per heavy atom. The normalized spacial score (nSPS) is 20.4. The third kappa shape index (κ3) is 6.64. The molecule has 1 saturated carbocycles. The number of hydrogen-bond donors (Lipinski definition) is 3. The Labute approximate surface area is 209 Å². The molecule has 0 amide bonds. The van der Waals surface area contributed by atoms with Crippen molar-refractivity contribution in [2.24, 2.45) is 11.8 Å². The number of aromatic amines is 1. The fourth-order valence-corrected chi connectivity index (χ4v) is 4.45.